The molecule has 3 unspecified atom stereocenters. The van der Waals surface area contributed by atoms with Gasteiger partial charge in [-0.05, 0) is 45.1 Å². The van der Waals surface area contributed by atoms with Gasteiger partial charge in [0.05, 0.1) is 12.7 Å². The van der Waals surface area contributed by atoms with Crippen LogP contribution in [-0.2, 0) is 14.3 Å². The minimum atomic E-state index is 0.0220. The highest BCUT2D eigenvalue weighted by Crippen LogP contribution is 2.45. The Bertz CT molecular complexity index is 394. The molecule has 0 aromatic heterocycles. The Labute approximate surface area is 147 Å². The molecule has 0 spiro atoms. The minimum absolute atomic E-state index is 0.0220. The van der Waals surface area contributed by atoms with Gasteiger partial charge in [0.2, 0.25) is 5.91 Å². The summed E-state index contributed by atoms with van der Waals surface area (Å²) in [5.41, 5.74) is 0.0220. The van der Waals surface area contributed by atoms with Crippen molar-refractivity contribution in [1.82, 2.24) is 10.2 Å². The Morgan fingerprint density at radius 2 is 2.12 bits per heavy atom. The summed E-state index contributed by atoms with van der Waals surface area (Å²) >= 11 is 0. The summed E-state index contributed by atoms with van der Waals surface area (Å²) in [5.74, 6) is 0.683. The zero-order valence-corrected chi connectivity index (χ0v) is 16.0. The predicted molar refractivity (Wildman–Crippen MR) is 96.0 cm³/mol. The van der Waals surface area contributed by atoms with Gasteiger partial charge in [0.1, 0.15) is 6.61 Å². The lowest BCUT2D eigenvalue weighted by Gasteiger charge is -2.55. The first-order chi connectivity index (χ1) is 11.5. The number of nitrogens with one attached hydrogen (secondary N) is 1. The van der Waals surface area contributed by atoms with Gasteiger partial charge < -0.3 is 19.7 Å². The first-order valence-corrected chi connectivity index (χ1v) is 9.70. The molecule has 3 atom stereocenters. The second-order valence-corrected chi connectivity index (χ2v) is 7.83. The van der Waals surface area contributed by atoms with Crippen molar-refractivity contribution >= 4 is 5.91 Å². The third-order valence-corrected chi connectivity index (χ3v) is 5.63. The molecule has 1 aliphatic carbocycles. The van der Waals surface area contributed by atoms with Gasteiger partial charge in [-0.3, -0.25) is 4.79 Å². The molecule has 2 fully saturated rings. The Hall–Kier alpha value is -0.650. The smallest absolute Gasteiger partial charge is 0.248 e. The van der Waals surface area contributed by atoms with Gasteiger partial charge in [-0.1, -0.05) is 20.8 Å². The highest BCUT2D eigenvalue weighted by molar-refractivity contribution is 5.78. The highest BCUT2D eigenvalue weighted by Gasteiger charge is 2.52. The maximum atomic E-state index is 12.7. The van der Waals surface area contributed by atoms with Crippen LogP contribution in [0.1, 0.15) is 53.4 Å². The van der Waals surface area contributed by atoms with Crippen molar-refractivity contribution in [3.05, 3.63) is 0 Å². The number of rotatable bonds is 9. The highest BCUT2D eigenvalue weighted by atomic mass is 16.5. The van der Waals surface area contributed by atoms with Crippen LogP contribution in [0.4, 0.5) is 0 Å². The number of ether oxygens (including phenoxy) is 2. The Morgan fingerprint density at radius 3 is 2.71 bits per heavy atom. The lowest BCUT2D eigenvalue weighted by Crippen LogP contribution is -2.63. The average Bonchev–Trinajstić information content (AvgIpc) is 2.57. The molecule has 2 aliphatic rings. The zero-order chi connectivity index (χ0) is 17.6. The van der Waals surface area contributed by atoms with Crippen LogP contribution in [0.25, 0.3) is 0 Å². The van der Waals surface area contributed by atoms with Crippen molar-refractivity contribution in [2.45, 2.75) is 65.5 Å². The van der Waals surface area contributed by atoms with Crippen LogP contribution < -0.4 is 5.32 Å². The van der Waals surface area contributed by atoms with Crippen LogP contribution >= 0.6 is 0 Å². The molecule has 1 saturated carbocycles. The molecule has 1 heterocycles. The van der Waals surface area contributed by atoms with Crippen LogP contribution in [0.2, 0.25) is 0 Å². The molecule has 0 bridgehead atoms. The van der Waals surface area contributed by atoms with E-state index in [9.17, 15) is 4.79 Å². The number of nitrogens with zero attached hydrogens (tertiary/aromatic N) is 1. The molecular weight excluding hydrogens is 304 g/mol. The summed E-state index contributed by atoms with van der Waals surface area (Å²) in [6.07, 6.45) is 4.59. The van der Waals surface area contributed by atoms with Gasteiger partial charge in [-0.2, -0.15) is 0 Å². The van der Waals surface area contributed by atoms with Gasteiger partial charge >= 0.3 is 0 Å². The maximum Gasteiger partial charge on any atom is 0.248 e. The van der Waals surface area contributed by atoms with Crippen molar-refractivity contribution in [3.8, 4) is 0 Å². The summed E-state index contributed by atoms with van der Waals surface area (Å²) in [6, 6.07) is 0.265. The number of carbonyl (C=O) groups is 1. The fraction of sp³-hybridized carbons (Fsp3) is 0.947. The molecular formula is C19H36N2O3. The lowest BCUT2D eigenvalue weighted by molar-refractivity contribution is -0.170. The van der Waals surface area contributed by atoms with E-state index in [1.807, 2.05) is 11.8 Å². The molecule has 1 aliphatic heterocycles. The van der Waals surface area contributed by atoms with Crippen LogP contribution in [0, 0.1) is 11.3 Å². The van der Waals surface area contributed by atoms with Gasteiger partial charge in [0, 0.05) is 31.2 Å². The van der Waals surface area contributed by atoms with E-state index in [0.29, 0.717) is 12.5 Å². The number of hydrogen-bond donors (Lipinski definition) is 1. The van der Waals surface area contributed by atoms with E-state index in [0.717, 1.165) is 39.1 Å². The molecule has 0 aromatic rings. The van der Waals surface area contributed by atoms with E-state index in [-0.39, 0.29) is 30.1 Å². The first kappa shape index (κ1) is 19.7. The average molecular weight is 341 g/mol. The molecule has 1 amide bonds. The van der Waals surface area contributed by atoms with Gasteiger partial charge in [-0.15, -0.1) is 0 Å². The van der Waals surface area contributed by atoms with Crippen molar-refractivity contribution in [2.75, 3.05) is 39.5 Å². The summed E-state index contributed by atoms with van der Waals surface area (Å²) in [5, 5.41) is 3.39. The summed E-state index contributed by atoms with van der Waals surface area (Å²) < 4.78 is 11.6. The van der Waals surface area contributed by atoms with Crippen LogP contribution in [0.15, 0.2) is 0 Å². The largest absolute Gasteiger partial charge is 0.378 e. The Morgan fingerprint density at radius 1 is 1.33 bits per heavy atom. The van der Waals surface area contributed by atoms with Crippen molar-refractivity contribution in [1.29, 1.82) is 0 Å². The van der Waals surface area contributed by atoms with Gasteiger partial charge in [0.25, 0.3) is 0 Å². The molecule has 24 heavy (non-hydrogen) atoms. The molecule has 140 valence electrons. The van der Waals surface area contributed by atoms with E-state index in [4.69, 9.17) is 9.47 Å². The number of hydrogen-bond acceptors (Lipinski definition) is 4. The van der Waals surface area contributed by atoms with Crippen molar-refractivity contribution in [2.24, 2.45) is 11.3 Å². The standard InChI is InChI=1S/C19H36N2O3/c1-5-10-21(16-11-17(24-6-2)19(16,3)4)18(22)14-23-13-15-8-7-9-20-12-15/h15-17,20H,5-14H2,1-4H3. The lowest BCUT2D eigenvalue weighted by atomic mass is 9.63. The van der Waals surface area contributed by atoms with Gasteiger partial charge in [-0.25, -0.2) is 0 Å². The Kier molecular flexibility index (Phi) is 7.51. The monoisotopic (exact) mass is 340 g/mol. The quantitative estimate of drug-likeness (QED) is 0.700. The van der Waals surface area contributed by atoms with Crippen LogP contribution in [0.3, 0.4) is 0 Å². The predicted octanol–water partition coefficient (Wildman–Crippen LogP) is 2.44. The van der Waals surface area contributed by atoms with Crippen LogP contribution in [-0.4, -0.2) is 62.4 Å². The Balaban J connectivity index is 1.82. The minimum Gasteiger partial charge on any atom is -0.378 e. The third-order valence-electron chi connectivity index (χ3n) is 5.63. The first-order valence-electron chi connectivity index (χ1n) is 9.70. The summed E-state index contributed by atoms with van der Waals surface area (Å²) in [7, 11) is 0. The van der Waals surface area contributed by atoms with Crippen molar-refractivity contribution < 1.29 is 14.3 Å². The van der Waals surface area contributed by atoms with E-state index in [2.05, 4.69) is 26.1 Å². The van der Waals surface area contributed by atoms with Crippen molar-refractivity contribution in [3.63, 3.8) is 0 Å². The topological polar surface area (TPSA) is 50.8 Å². The number of carbonyl (C=O) groups excluding carboxylic acids is 1. The molecule has 0 aromatic carbocycles. The van der Waals surface area contributed by atoms with E-state index >= 15 is 0 Å². The fourth-order valence-electron chi connectivity index (χ4n) is 4.03. The summed E-state index contributed by atoms with van der Waals surface area (Å²) in [4.78, 5) is 14.7. The number of amides is 1. The zero-order valence-electron chi connectivity index (χ0n) is 16.0. The molecule has 1 N–H and O–H groups in total. The molecule has 5 nitrogen and oxygen atoms in total. The fourth-order valence-corrected chi connectivity index (χ4v) is 4.03. The van der Waals surface area contributed by atoms with E-state index < -0.39 is 0 Å². The SMILES string of the molecule is CCCN(C(=O)COCC1CCCNC1)C1CC(OCC)C1(C)C. The molecule has 2 rings (SSSR count). The molecule has 0 radical (unpaired) electrons. The summed E-state index contributed by atoms with van der Waals surface area (Å²) in [6.45, 7) is 13.2. The number of piperidine rings is 1. The normalized spacial score (nSPS) is 29.1. The van der Waals surface area contributed by atoms with Gasteiger partial charge in [0.15, 0.2) is 0 Å². The second kappa shape index (κ2) is 9.16. The maximum absolute atomic E-state index is 12.7. The molecule has 1 saturated heterocycles. The second-order valence-electron chi connectivity index (χ2n) is 7.83. The third kappa shape index (κ3) is 4.70. The van der Waals surface area contributed by atoms with E-state index in [1.165, 1.54) is 12.8 Å². The van der Waals surface area contributed by atoms with E-state index in [1.54, 1.807) is 0 Å². The molecule has 5 heteroatoms. The van der Waals surface area contributed by atoms with Crippen LogP contribution in [0.5, 0.6) is 0 Å².